The maximum absolute atomic E-state index is 13.7. The van der Waals surface area contributed by atoms with Crippen molar-refractivity contribution in [3.8, 4) is 0 Å². The van der Waals surface area contributed by atoms with Gasteiger partial charge in [-0.15, -0.1) is 0 Å². The third-order valence-electron chi connectivity index (χ3n) is 3.68. The summed E-state index contributed by atoms with van der Waals surface area (Å²) >= 11 is 0. The first-order valence-electron chi connectivity index (χ1n) is 6.00. The van der Waals surface area contributed by atoms with E-state index in [2.05, 4.69) is 4.90 Å². The van der Waals surface area contributed by atoms with Crippen LogP contribution in [0.5, 0.6) is 0 Å². The highest BCUT2D eigenvalue weighted by Gasteiger charge is 2.29. The lowest BCUT2D eigenvalue weighted by Crippen LogP contribution is -2.42. The molecule has 0 aromatic heterocycles. The Morgan fingerprint density at radius 2 is 2.12 bits per heavy atom. The summed E-state index contributed by atoms with van der Waals surface area (Å²) < 4.78 is 26.9. The van der Waals surface area contributed by atoms with E-state index in [0.717, 1.165) is 18.9 Å². The van der Waals surface area contributed by atoms with E-state index in [4.69, 9.17) is 5.73 Å². The SMILES string of the molecule is CN(C1CCC1)C(CN)c1cc(F)ccc1F. The van der Waals surface area contributed by atoms with Crippen LogP contribution in [-0.2, 0) is 0 Å². The second-order valence-corrected chi connectivity index (χ2v) is 4.67. The average molecular weight is 240 g/mol. The van der Waals surface area contributed by atoms with Crippen LogP contribution in [0, 0.1) is 11.6 Å². The molecule has 1 aromatic carbocycles. The molecule has 0 radical (unpaired) electrons. The fourth-order valence-corrected chi connectivity index (χ4v) is 2.33. The minimum absolute atomic E-state index is 0.240. The molecule has 17 heavy (non-hydrogen) atoms. The second-order valence-electron chi connectivity index (χ2n) is 4.67. The molecular formula is C13H18F2N2. The Morgan fingerprint density at radius 3 is 2.65 bits per heavy atom. The second kappa shape index (κ2) is 5.10. The van der Waals surface area contributed by atoms with Crippen LogP contribution in [0.3, 0.4) is 0 Å². The molecule has 0 bridgehead atoms. The highest BCUT2D eigenvalue weighted by atomic mass is 19.1. The Morgan fingerprint density at radius 1 is 1.41 bits per heavy atom. The smallest absolute Gasteiger partial charge is 0.128 e. The Kier molecular flexibility index (Phi) is 3.74. The number of nitrogens with two attached hydrogens (primary N) is 1. The molecule has 0 saturated heterocycles. The minimum atomic E-state index is -0.415. The number of likely N-dealkylation sites (N-methyl/N-ethyl adjacent to an activating group) is 1. The van der Waals surface area contributed by atoms with Gasteiger partial charge in [-0.05, 0) is 38.1 Å². The Bertz CT molecular complexity index is 391. The first-order chi connectivity index (χ1) is 8.13. The quantitative estimate of drug-likeness (QED) is 0.876. The van der Waals surface area contributed by atoms with Crippen LogP contribution >= 0.6 is 0 Å². The van der Waals surface area contributed by atoms with Gasteiger partial charge in [-0.2, -0.15) is 0 Å². The molecule has 2 rings (SSSR count). The lowest BCUT2D eigenvalue weighted by molar-refractivity contribution is 0.111. The summed E-state index contributed by atoms with van der Waals surface area (Å²) in [7, 11) is 1.94. The number of rotatable bonds is 4. The molecule has 1 aliphatic carbocycles. The molecule has 1 fully saturated rings. The third kappa shape index (κ3) is 2.48. The van der Waals surface area contributed by atoms with Crippen molar-refractivity contribution in [1.29, 1.82) is 0 Å². The van der Waals surface area contributed by atoms with Gasteiger partial charge >= 0.3 is 0 Å². The Hall–Kier alpha value is -1.00. The maximum Gasteiger partial charge on any atom is 0.128 e. The maximum atomic E-state index is 13.7. The molecule has 0 amide bonds. The zero-order chi connectivity index (χ0) is 12.4. The number of benzene rings is 1. The van der Waals surface area contributed by atoms with Gasteiger partial charge in [-0.25, -0.2) is 8.78 Å². The lowest BCUT2D eigenvalue weighted by atomic mass is 9.89. The van der Waals surface area contributed by atoms with E-state index in [-0.39, 0.29) is 11.9 Å². The van der Waals surface area contributed by atoms with Crippen molar-refractivity contribution >= 4 is 0 Å². The molecule has 2 N–H and O–H groups in total. The summed E-state index contributed by atoms with van der Waals surface area (Å²) in [6.45, 7) is 0.299. The van der Waals surface area contributed by atoms with Crippen molar-refractivity contribution in [3.05, 3.63) is 35.4 Å². The van der Waals surface area contributed by atoms with Crippen LogP contribution in [0.15, 0.2) is 18.2 Å². The number of halogens is 2. The van der Waals surface area contributed by atoms with Crippen LogP contribution in [0.1, 0.15) is 30.9 Å². The van der Waals surface area contributed by atoms with Crippen molar-refractivity contribution < 1.29 is 8.78 Å². The van der Waals surface area contributed by atoms with Crippen molar-refractivity contribution in [3.63, 3.8) is 0 Å². The molecule has 4 heteroatoms. The molecule has 1 unspecified atom stereocenters. The fourth-order valence-electron chi connectivity index (χ4n) is 2.33. The predicted molar refractivity (Wildman–Crippen MR) is 63.6 cm³/mol. The number of hydrogen-bond acceptors (Lipinski definition) is 2. The summed E-state index contributed by atoms with van der Waals surface area (Å²) in [6, 6.07) is 3.77. The van der Waals surface area contributed by atoms with Crippen molar-refractivity contribution in [2.75, 3.05) is 13.6 Å². The van der Waals surface area contributed by atoms with E-state index in [0.29, 0.717) is 18.2 Å². The number of hydrogen-bond donors (Lipinski definition) is 1. The average Bonchev–Trinajstić information content (AvgIpc) is 2.22. The van der Waals surface area contributed by atoms with E-state index < -0.39 is 5.82 Å². The summed E-state index contributed by atoms with van der Waals surface area (Å²) in [5, 5.41) is 0. The van der Waals surface area contributed by atoms with Crippen molar-refractivity contribution in [2.24, 2.45) is 5.73 Å². The van der Waals surface area contributed by atoms with Crippen LogP contribution in [0.4, 0.5) is 8.78 Å². The van der Waals surface area contributed by atoms with E-state index in [9.17, 15) is 8.78 Å². The predicted octanol–water partition coefficient (Wildman–Crippen LogP) is 2.45. The van der Waals surface area contributed by atoms with E-state index in [1.165, 1.54) is 18.6 Å². The molecular weight excluding hydrogens is 222 g/mol. The molecule has 2 nitrogen and oxygen atoms in total. The molecule has 1 saturated carbocycles. The summed E-state index contributed by atoms with van der Waals surface area (Å²) in [5.41, 5.74) is 6.07. The Labute approximate surface area is 100 Å². The standard InChI is InChI=1S/C13H18F2N2/c1-17(10-3-2-4-10)13(8-16)11-7-9(14)5-6-12(11)15/h5-7,10,13H,2-4,8,16H2,1H3. The van der Waals surface area contributed by atoms with Gasteiger partial charge in [0, 0.05) is 24.2 Å². The highest BCUT2D eigenvalue weighted by molar-refractivity contribution is 5.23. The zero-order valence-electron chi connectivity index (χ0n) is 10.00. The van der Waals surface area contributed by atoms with Gasteiger partial charge in [0.25, 0.3) is 0 Å². The molecule has 1 aromatic rings. The van der Waals surface area contributed by atoms with Gasteiger partial charge in [0.1, 0.15) is 11.6 Å². The van der Waals surface area contributed by atoms with Gasteiger partial charge in [0.15, 0.2) is 0 Å². The van der Waals surface area contributed by atoms with Crippen molar-refractivity contribution in [2.45, 2.75) is 31.3 Å². The Balaban J connectivity index is 2.24. The van der Waals surface area contributed by atoms with E-state index in [1.807, 2.05) is 7.05 Å². The highest BCUT2D eigenvalue weighted by Crippen LogP contribution is 2.31. The monoisotopic (exact) mass is 240 g/mol. The van der Waals surface area contributed by atoms with Gasteiger partial charge in [-0.3, -0.25) is 4.90 Å². The third-order valence-corrected chi connectivity index (χ3v) is 3.68. The number of nitrogens with zero attached hydrogens (tertiary/aromatic N) is 1. The van der Waals surface area contributed by atoms with Crippen LogP contribution in [0.25, 0.3) is 0 Å². The van der Waals surface area contributed by atoms with Crippen LogP contribution < -0.4 is 5.73 Å². The molecule has 94 valence electrons. The minimum Gasteiger partial charge on any atom is -0.329 e. The van der Waals surface area contributed by atoms with E-state index in [1.54, 1.807) is 0 Å². The first-order valence-corrected chi connectivity index (χ1v) is 6.00. The van der Waals surface area contributed by atoms with Gasteiger partial charge in [0.05, 0.1) is 0 Å². The first kappa shape index (κ1) is 12.5. The molecule has 1 aliphatic rings. The fraction of sp³-hybridized carbons (Fsp3) is 0.538. The van der Waals surface area contributed by atoms with Gasteiger partial charge in [-0.1, -0.05) is 6.42 Å². The normalized spacial score (nSPS) is 18.2. The van der Waals surface area contributed by atoms with Gasteiger partial charge in [0.2, 0.25) is 0 Å². The largest absolute Gasteiger partial charge is 0.329 e. The van der Waals surface area contributed by atoms with Crippen LogP contribution in [-0.4, -0.2) is 24.5 Å². The molecule has 0 heterocycles. The van der Waals surface area contributed by atoms with Crippen LogP contribution in [0.2, 0.25) is 0 Å². The summed E-state index contributed by atoms with van der Waals surface area (Å²) in [4.78, 5) is 2.07. The van der Waals surface area contributed by atoms with Crippen molar-refractivity contribution in [1.82, 2.24) is 4.90 Å². The summed E-state index contributed by atoms with van der Waals surface area (Å²) in [6.07, 6.45) is 3.44. The zero-order valence-corrected chi connectivity index (χ0v) is 10.00. The summed E-state index contributed by atoms with van der Waals surface area (Å²) in [5.74, 6) is -0.796. The molecule has 0 spiro atoms. The van der Waals surface area contributed by atoms with E-state index >= 15 is 0 Å². The lowest BCUT2D eigenvalue weighted by Gasteiger charge is -2.39. The topological polar surface area (TPSA) is 29.3 Å². The molecule has 1 atom stereocenters. The molecule has 0 aliphatic heterocycles. The van der Waals surface area contributed by atoms with Gasteiger partial charge < -0.3 is 5.73 Å².